The first-order chi connectivity index (χ1) is 14.1. The summed E-state index contributed by atoms with van der Waals surface area (Å²) in [4.78, 5) is 22.8. The van der Waals surface area contributed by atoms with E-state index < -0.39 is 0 Å². The number of ketones is 1. The van der Waals surface area contributed by atoms with E-state index in [0.29, 0.717) is 18.6 Å². The lowest BCUT2D eigenvalue weighted by atomic mass is 9.61. The van der Waals surface area contributed by atoms with E-state index in [2.05, 4.69) is 43.3 Å². The largest absolute Gasteiger partial charge is 0.388 e. The molecule has 158 valence electrons. The SMILES string of the molecule is CCCC1(C(O)c2ccc(C3CCC(=O)[C@@H]3C/C=C\CCCC=O)cc2)CCC1. The molecule has 2 unspecified atom stereocenters. The third-order valence-corrected chi connectivity index (χ3v) is 7.21. The smallest absolute Gasteiger partial charge is 0.136 e. The average Bonchev–Trinajstić information content (AvgIpc) is 3.07. The van der Waals surface area contributed by atoms with Gasteiger partial charge in [0.25, 0.3) is 0 Å². The van der Waals surface area contributed by atoms with Crippen LogP contribution < -0.4 is 0 Å². The molecule has 2 aliphatic carbocycles. The summed E-state index contributed by atoms with van der Waals surface area (Å²) in [7, 11) is 0. The molecule has 1 N–H and O–H groups in total. The Labute approximate surface area is 175 Å². The van der Waals surface area contributed by atoms with Gasteiger partial charge >= 0.3 is 0 Å². The molecule has 3 heteroatoms. The predicted molar refractivity (Wildman–Crippen MR) is 117 cm³/mol. The number of aliphatic hydroxyl groups is 1. The first-order valence-corrected chi connectivity index (χ1v) is 11.5. The van der Waals surface area contributed by atoms with Crippen molar-refractivity contribution >= 4 is 12.1 Å². The number of carbonyl (C=O) groups excluding carboxylic acids is 2. The van der Waals surface area contributed by atoms with Crippen molar-refractivity contribution in [3.05, 3.63) is 47.5 Å². The third kappa shape index (κ3) is 5.06. The Kier molecular flexibility index (Phi) is 7.83. The van der Waals surface area contributed by atoms with E-state index in [1.807, 2.05) is 0 Å². The summed E-state index contributed by atoms with van der Waals surface area (Å²) in [5.41, 5.74) is 2.33. The average molecular weight is 397 g/mol. The van der Waals surface area contributed by atoms with E-state index in [0.717, 1.165) is 63.2 Å². The third-order valence-electron chi connectivity index (χ3n) is 7.21. The second kappa shape index (κ2) is 10.3. The summed E-state index contributed by atoms with van der Waals surface area (Å²) >= 11 is 0. The van der Waals surface area contributed by atoms with Crippen LogP contribution in [0.5, 0.6) is 0 Å². The van der Waals surface area contributed by atoms with Crippen molar-refractivity contribution in [3.63, 3.8) is 0 Å². The Hall–Kier alpha value is -1.74. The Morgan fingerprint density at radius 2 is 1.93 bits per heavy atom. The van der Waals surface area contributed by atoms with Crippen LogP contribution >= 0.6 is 0 Å². The van der Waals surface area contributed by atoms with Gasteiger partial charge in [0.15, 0.2) is 0 Å². The first-order valence-electron chi connectivity index (χ1n) is 11.5. The van der Waals surface area contributed by atoms with Gasteiger partial charge in [0, 0.05) is 24.2 Å². The van der Waals surface area contributed by atoms with Gasteiger partial charge < -0.3 is 9.90 Å². The molecule has 1 aromatic carbocycles. The maximum absolute atomic E-state index is 12.4. The second-order valence-electron chi connectivity index (χ2n) is 9.06. The molecule has 0 bridgehead atoms. The van der Waals surface area contributed by atoms with Crippen LogP contribution in [-0.4, -0.2) is 17.2 Å². The van der Waals surface area contributed by atoms with E-state index in [9.17, 15) is 14.7 Å². The van der Waals surface area contributed by atoms with E-state index in [1.165, 1.54) is 12.0 Å². The lowest BCUT2D eigenvalue weighted by molar-refractivity contribution is -0.120. The lowest BCUT2D eigenvalue weighted by Crippen LogP contribution is -2.36. The van der Waals surface area contributed by atoms with Gasteiger partial charge in [0.1, 0.15) is 12.1 Å². The molecule has 0 spiro atoms. The summed E-state index contributed by atoms with van der Waals surface area (Å²) < 4.78 is 0. The molecule has 0 heterocycles. The van der Waals surface area contributed by atoms with Crippen LogP contribution in [0.15, 0.2) is 36.4 Å². The fourth-order valence-corrected chi connectivity index (χ4v) is 5.35. The van der Waals surface area contributed by atoms with Crippen LogP contribution in [0.1, 0.15) is 101 Å². The van der Waals surface area contributed by atoms with E-state index >= 15 is 0 Å². The van der Waals surface area contributed by atoms with Crippen LogP contribution in [0, 0.1) is 11.3 Å². The molecule has 3 rings (SSSR count). The van der Waals surface area contributed by atoms with Crippen LogP contribution in [0.4, 0.5) is 0 Å². The summed E-state index contributed by atoms with van der Waals surface area (Å²) in [5.74, 6) is 0.709. The van der Waals surface area contributed by atoms with Crippen molar-refractivity contribution in [1.29, 1.82) is 0 Å². The molecule has 2 aliphatic rings. The zero-order valence-electron chi connectivity index (χ0n) is 17.8. The number of aldehydes is 1. The minimum Gasteiger partial charge on any atom is -0.388 e. The molecule has 0 radical (unpaired) electrons. The van der Waals surface area contributed by atoms with Crippen molar-refractivity contribution in [3.8, 4) is 0 Å². The Morgan fingerprint density at radius 3 is 2.55 bits per heavy atom. The van der Waals surface area contributed by atoms with Gasteiger partial charge in [-0.05, 0) is 62.0 Å². The minimum atomic E-state index is -0.374. The van der Waals surface area contributed by atoms with Crippen LogP contribution in [0.25, 0.3) is 0 Å². The van der Waals surface area contributed by atoms with Gasteiger partial charge in [0.2, 0.25) is 0 Å². The number of aliphatic hydroxyl groups excluding tert-OH is 1. The number of allylic oxidation sites excluding steroid dienone is 2. The molecule has 0 amide bonds. The topological polar surface area (TPSA) is 54.4 Å². The summed E-state index contributed by atoms with van der Waals surface area (Å²) in [6.07, 6.45) is 15.3. The molecule has 2 fully saturated rings. The van der Waals surface area contributed by atoms with Gasteiger partial charge in [0.05, 0.1) is 6.10 Å². The van der Waals surface area contributed by atoms with Crippen LogP contribution in [0.3, 0.4) is 0 Å². The normalized spacial score (nSPS) is 24.6. The molecule has 0 aromatic heterocycles. The van der Waals surface area contributed by atoms with Crippen molar-refractivity contribution in [2.45, 2.75) is 89.6 Å². The summed E-state index contributed by atoms with van der Waals surface area (Å²) in [6.45, 7) is 2.20. The second-order valence-corrected chi connectivity index (χ2v) is 9.06. The zero-order chi connectivity index (χ0) is 20.7. The van der Waals surface area contributed by atoms with Crippen molar-refractivity contribution < 1.29 is 14.7 Å². The van der Waals surface area contributed by atoms with Gasteiger partial charge in [-0.2, -0.15) is 0 Å². The molecule has 0 aliphatic heterocycles. The summed E-state index contributed by atoms with van der Waals surface area (Å²) in [5, 5.41) is 11.0. The van der Waals surface area contributed by atoms with Gasteiger partial charge in [-0.3, -0.25) is 4.79 Å². The maximum atomic E-state index is 12.4. The molecule has 3 atom stereocenters. The Bertz CT molecular complexity index is 699. The Morgan fingerprint density at radius 1 is 1.17 bits per heavy atom. The summed E-state index contributed by atoms with van der Waals surface area (Å²) in [6, 6.07) is 8.46. The van der Waals surface area contributed by atoms with Gasteiger partial charge in [-0.15, -0.1) is 0 Å². The number of unbranched alkanes of at least 4 members (excludes halogenated alkanes) is 2. The predicted octanol–water partition coefficient (Wildman–Crippen LogP) is 6.07. The molecule has 3 nitrogen and oxygen atoms in total. The molecular formula is C26H36O3. The number of rotatable bonds is 11. The fraction of sp³-hybridized carbons (Fsp3) is 0.615. The van der Waals surface area contributed by atoms with E-state index in [1.54, 1.807) is 0 Å². The molecule has 1 aromatic rings. The van der Waals surface area contributed by atoms with Gasteiger partial charge in [-0.1, -0.05) is 56.2 Å². The highest BCUT2D eigenvalue weighted by Crippen LogP contribution is 2.53. The number of carbonyl (C=O) groups is 2. The highest BCUT2D eigenvalue weighted by atomic mass is 16.3. The fourth-order valence-electron chi connectivity index (χ4n) is 5.35. The first kappa shape index (κ1) is 22.0. The maximum Gasteiger partial charge on any atom is 0.136 e. The van der Waals surface area contributed by atoms with Crippen molar-refractivity contribution in [2.75, 3.05) is 0 Å². The number of Topliss-reactive ketones (excluding diaryl/α,β-unsaturated/α-hetero) is 1. The molecule has 0 saturated heterocycles. The lowest BCUT2D eigenvalue weighted by Gasteiger charge is -2.46. The highest BCUT2D eigenvalue weighted by molar-refractivity contribution is 5.84. The number of hydrogen-bond donors (Lipinski definition) is 1. The van der Waals surface area contributed by atoms with Gasteiger partial charge in [-0.25, -0.2) is 0 Å². The number of hydrogen-bond acceptors (Lipinski definition) is 3. The Balaban J connectivity index is 1.63. The van der Waals surface area contributed by atoms with Crippen LogP contribution in [-0.2, 0) is 9.59 Å². The molecule has 29 heavy (non-hydrogen) atoms. The number of benzene rings is 1. The zero-order valence-corrected chi connectivity index (χ0v) is 17.8. The monoisotopic (exact) mass is 396 g/mol. The van der Waals surface area contributed by atoms with E-state index in [-0.39, 0.29) is 23.4 Å². The quantitative estimate of drug-likeness (QED) is 0.281. The van der Waals surface area contributed by atoms with Crippen LogP contribution in [0.2, 0.25) is 0 Å². The van der Waals surface area contributed by atoms with E-state index in [4.69, 9.17) is 0 Å². The highest BCUT2D eigenvalue weighted by Gasteiger charge is 2.43. The molecule has 2 saturated carbocycles. The minimum absolute atomic E-state index is 0.0613. The van der Waals surface area contributed by atoms with Crippen molar-refractivity contribution in [2.24, 2.45) is 11.3 Å². The van der Waals surface area contributed by atoms with Crippen molar-refractivity contribution in [1.82, 2.24) is 0 Å². The standard InChI is InChI=1S/C26H36O3/c1-2-16-26(17-8-18-26)25(29)21-12-10-20(11-13-21)22-14-15-24(28)23(22)9-6-4-3-5-7-19-27/h4,6,10-13,19,22-23,25,29H,2-3,5,7-9,14-18H2,1H3/b6-4-/t22?,23-,25?/m1/s1. The molecular weight excluding hydrogens is 360 g/mol.